The summed E-state index contributed by atoms with van der Waals surface area (Å²) < 4.78 is 30.3. The molecule has 0 aromatic rings. The predicted octanol–water partition coefficient (Wildman–Crippen LogP) is 18.6. The third-order valence-electron chi connectivity index (χ3n) is 13.6. The van der Waals surface area contributed by atoms with E-state index in [4.69, 9.17) is 13.8 Å². The molecule has 0 aromatic heterocycles. The molecule has 0 fully saturated rings. The second-order valence-corrected chi connectivity index (χ2v) is 23.6. The number of hydrogen-bond acceptors (Lipinski definition) is 7. The smallest absolute Gasteiger partial charge is 0.306 e. The van der Waals surface area contributed by atoms with Crippen LogP contribution in [0.3, 0.4) is 0 Å². The summed E-state index contributed by atoms with van der Waals surface area (Å²) in [5, 5.41) is 3.01. The number of allylic oxidation sites excluding steroid dienone is 11. The van der Waals surface area contributed by atoms with E-state index in [0.717, 1.165) is 116 Å². The van der Waals surface area contributed by atoms with Gasteiger partial charge in [-0.2, -0.15) is 0 Å². The summed E-state index contributed by atoms with van der Waals surface area (Å²) in [6.07, 6.45) is 70.1. The third-order valence-corrected chi connectivity index (χ3v) is 14.6. The first kappa shape index (κ1) is 72.5. The Labute approximate surface area is 463 Å². The molecule has 0 aliphatic carbocycles. The van der Waals surface area contributed by atoms with E-state index in [1.165, 1.54) is 128 Å². The Morgan fingerprint density at radius 2 is 0.827 bits per heavy atom. The number of nitrogens with zero attached hydrogens (tertiary/aromatic N) is 1. The zero-order valence-electron chi connectivity index (χ0n) is 49.7. The molecular formula is C65H119N2O7P. The average Bonchev–Trinajstić information content (AvgIpc) is 3.37. The molecule has 0 bridgehead atoms. The lowest BCUT2D eigenvalue weighted by Gasteiger charge is -2.30. The number of hydrogen-bond donors (Lipinski definition) is 1. The molecule has 0 radical (unpaired) electrons. The van der Waals surface area contributed by atoms with Crippen LogP contribution in [-0.4, -0.2) is 69.4 Å². The Kier molecular flexibility index (Phi) is 52.9. The van der Waals surface area contributed by atoms with E-state index in [2.05, 4.69) is 86.8 Å². The fourth-order valence-corrected chi connectivity index (χ4v) is 9.44. The topological polar surface area (TPSA) is 114 Å². The van der Waals surface area contributed by atoms with Gasteiger partial charge in [0.15, 0.2) is 0 Å². The highest BCUT2D eigenvalue weighted by atomic mass is 31.2. The monoisotopic (exact) mass is 1070 g/mol. The SMILES string of the molecule is CCCC/C=C\CCCCCCCC(=O)NC(COP(=O)([O-])OCC[N+](C)(C)C)C(/C=C\CCCCCCCCCCCCC)OC(=O)CCCCCCCCCCC/C=C\C/C=C\C/C=C\C/C=C\CCCCC. The first-order chi connectivity index (χ1) is 36.4. The van der Waals surface area contributed by atoms with Gasteiger partial charge < -0.3 is 28.5 Å². The van der Waals surface area contributed by atoms with Crippen molar-refractivity contribution in [3.05, 3.63) is 72.9 Å². The van der Waals surface area contributed by atoms with E-state index in [-0.39, 0.29) is 24.9 Å². The number of amides is 1. The molecule has 0 heterocycles. The maximum Gasteiger partial charge on any atom is 0.306 e. The van der Waals surface area contributed by atoms with Crippen molar-refractivity contribution in [2.75, 3.05) is 40.9 Å². The van der Waals surface area contributed by atoms with Crippen LogP contribution in [-0.2, 0) is 27.9 Å². The maximum absolute atomic E-state index is 13.5. The lowest BCUT2D eigenvalue weighted by atomic mass is 10.0. The van der Waals surface area contributed by atoms with E-state index in [1.807, 2.05) is 33.3 Å². The van der Waals surface area contributed by atoms with Crippen LogP contribution in [0.15, 0.2) is 72.9 Å². The molecule has 3 unspecified atom stereocenters. The number of unbranched alkanes of at least 4 members (excludes halogenated alkanes) is 30. The maximum atomic E-state index is 13.5. The minimum absolute atomic E-state index is 0.0267. The zero-order chi connectivity index (χ0) is 55.0. The average molecular weight is 1070 g/mol. The van der Waals surface area contributed by atoms with Crippen molar-refractivity contribution in [3.8, 4) is 0 Å². The number of phosphoric ester groups is 1. The minimum atomic E-state index is -4.70. The molecule has 0 aliphatic rings. The third kappa shape index (κ3) is 56.0. The van der Waals surface area contributed by atoms with Crippen LogP contribution in [0.4, 0.5) is 0 Å². The standard InChI is InChI=1S/C65H119N2O7P/c1-7-10-13-16-19-22-25-27-28-29-30-31-32-33-34-35-36-37-38-40-43-46-49-52-55-58-65(69)74-63(56-53-50-47-44-42-39-26-23-20-17-14-11-8-2)62(61-73-75(70,71)72-60-59-67(4,5)6)66-64(68)57-54-51-48-45-41-24-21-18-15-12-9-3/h18-19,21-22,27-28,30-31,33-34,53,56,62-63H,7-17,20,23-26,29,32,35-52,54-55,57-61H2,1-6H3,(H-,66,68,70,71)/b21-18-,22-19-,28-27-,31-30-,34-33-,56-53-. The lowest BCUT2D eigenvalue weighted by Crippen LogP contribution is -2.47. The van der Waals surface area contributed by atoms with E-state index >= 15 is 0 Å². The molecule has 0 aromatic carbocycles. The first-order valence-electron chi connectivity index (χ1n) is 31.2. The quantitative estimate of drug-likeness (QED) is 0.0212. The summed E-state index contributed by atoms with van der Waals surface area (Å²) in [5.41, 5.74) is 0. The fourth-order valence-electron chi connectivity index (χ4n) is 8.72. The Bertz CT molecular complexity index is 1510. The number of ether oxygens (including phenoxy) is 1. The van der Waals surface area contributed by atoms with Crippen LogP contribution >= 0.6 is 7.82 Å². The van der Waals surface area contributed by atoms with E-state index in [0.29, 0.717) is 17.4 Å². The van der Waals surface area contributed by atoms with Crippen LogP contribution in [0.1, 0.15) is 278 Å². The highest BCUT2D eigenvalue weighted by molar-refractivity contribution is 7.45. The largest absolute Gasteiger partial charge is 0.756 e. The van der Waals surface area contributed by atoms with Gasteiger partial charge in [-0.3, -0.25) is 14.2 Å². The van der Waals surface area contributed by atoms with Gasteiger partial charge in [0.1, 0.15) is 19.3 Å². The molecule has 1 N–H and O–H groups in total. The summed E-state index contributed by atoms with van der Waals surface area (Å²) in [6.45, 7) is 6.77. The molecule has 0 saturated carbocycles. The van der Waals surface area contributed by atoms with Crippen LogP contribution < -0.4 is 10.2 Å². The normalized spacial score (nSPS) is 14.2. The van der Waals surface area contributed by atoms with Gasteiger partial charge in [-0.05, 0) is 96.0 Å². The first-order valence-corrected chi connectivity index (χ1v) is 32.7. The van der Waals surface area contributed by atoms with Gasteiger partial charge in [0.05, 0.1) is 33.8 Å². The number of phosphoric acid groups is 1. The Morgan fingerprint density at radius 1 is 0.467 bits per heavy atom. The summed E-state index contributed by atoms with van der Waals surface area (Å²) in [6, 6.07) is -0.896. The van der Waals surface area contributed by atoms with Gasteiger partial charge >= 0.3 is 5.97 Å². The van der Waals surface area contributed by atoms with Crippen LogP contribution in [0.5, 0.6) is 0 Å². The molecule has 436 valence electrons. The Balaban J connectivity index is 5.15. The summed E-state index contributed by atoms with van der Waals surface area (Å²) >= 11 is 0. The molecule has 1 amide bonds. The molecule has 10 heteroatoms. The molecule has 0 spiro atoms. The van der Waals surface area contributed by atoms with Crippen LogP contribution in [0, 0.1) is 0 Å². The molecule has 75 heavy (non-hydrogen) atoms. The van der Waals surface area contributed by atoms with Crippen molar-refractivity contribution in [1.29, 1.82) is 0 Å². The van der Waals surface area contributed by atoms with Gasteiger partial charge in [-0.1, -0.05) is 242 Å². The van der Waals surface area contributed by atoms with Crippen molar-refractivity contribution >= 4 is 19.7 Å². The molecular weight excluding hydrogens is 952 g/mol. The van der Waals surface area contributed by atoms with Crippen LogP contribution in [0.25, 0.3) is 0 Å². The van der Waals surface area contributed by atoms with E-state index in [1.54, 1.807) is 0 Å². The second-order valence-electron chi connectivity index (χ2n) is 22.2. The molecule has 0 rings (SSSR count). The highest BCUT2D eigenvalue weighted by Gasteiger charge is 2.27. The molecule has 0 saturated heterocycles. The number of rotatable bonds is 56. The van der Waals surface area contributed by atoms with Crippen molar-refractivity contribution in [2.24, 2.45) is 0 Å². The number of carbonyl (C=O) groups excluding carboxylic acids is 2. The van der Waals surface area contributed by atoms with Gasteiger partial charge in [-0.15, -0.1) is 0 Å². The Hall–Kier alpha value is -2.55. The van der Waals surface area contributed by atoms with Crippen molar-refractivity contribution in [3.63, 3.8) is 0 Å². The van der Waals surface area contributed by atoms with Gasteiger partial charge in [-0.25, -0.2) is 0 Å². The van der Waals surface area contributed by atoms with Gasteiger partial charge in [0.2, 0.25) is 5.91 Å². The van der Waals surface area contributed by atoms with Crippen molar-refractivity contribution < 1.29 is 37.3 Å². The van der Waals surface area contributed by atoms with Crippen molar-refractivity contribution in [1.82, 2.24) is 5.32 Å². The van der Waals surface area contributed by atoms with Crippen molar-refractivity contribution in [2.45, 2.75) is 290 Å². The number of quaternary nitrogens is 1. The number of carbonyl (C=O) groups is 2. The zero-order valence-corrected chi connectivity index (χ0v) is 50.6. The second kappa shape index (κ2) is 54.8. The molecule has 9 nitrogen and oxygen atoms in total. The number of nitrogens with one attached hydrogen (secondary N) is 1. The number of likely N-dealkylation sites (N-methyl/N-ethyl adjacent to an activating group) is 1. The highest BCUT2D eigenvalue weighted by Crippen LogP contribution is 2.38. The van der Waals surface area contributed by atoms with E-state index in [9.17, 15) is 19.0 Å². The number of esters is 1. The molecule has 0 aliphatic heterocycles. The summed E-state index contributed by atoms with van der Waals surface area (Å²) in [5.74, 6) is -0.557. The fraction of sp³-hybridized carbons (Fsp3) is 0.785. The van der Waals surface area contributed by atoms with E-state index < -0.39 is 26.6 Å². The molecule has 3 atom stereocenters. The lowest BCUT2D eigenvalue weighted by molar-refractivity contribution is -0.870. The minimum Gasteiger partial charge on any atom is -0.756 e. The van der Waals surface area contributed by atoms with Gasteiger partial charge in [0.25, 0.3) is 7.82 Å². The summed E-state index contributed by atoms with van der Waals surface area (Å²) in [7, 11) is 1.17. The summed E-state index contributed by atoms with van der Waals surface area (Å²) in [4.78, 5) is 39.9. The van der Waals surface area contributed by atoms with Crippen LogP contribution in [0.2, 0.25) is 0 Å². The van der Waals surface area contributed by atoms with Gasteiger partial charge in [0, 0.05) is 12.8 Å². The predicted molar refractivity (Wildman–Crippen MR) is 321 cm³/mol. The Morgan fingerprint density at radius 3 is 1.29 bits per heavy atom.